The first-order chi connectivity index (χ1) is 23.2. The number of hydrogen-bond donors (Lipinski definition) is 2. The number of fused-ring (bicyclic) bond motifs is 2. The average molecular weight is 708 g/mol. The molecule has 10 heteroatoms. The molecule has 0 unspecified atom stereocenters. The Balaban J connectivity index is 1.13. The van der Waals surface area contributed by atoms with Gasteiger partial charge in [0.2, 0.25) is 0 Å². The molecule has 0 aliphatic heterocycles. The molecule has 6 nitrogen and oxygen atoms in total. The predicted molar refractivity (Wildman–Crippen MR) is 197 cm³/mol. The molecule has 7 rings (SSSR count). The first kappa shape index (κ1) is 31.6. The monoisotopic (exact) mass is 706 g/mol. The Hall–Kier alpha value is -4.98. The first-order valence-electron chi connectivity index (χ1n) is 14.7. The molecule has 2 amide bonds. The molecular weight excluding hydrogens is 686 g/mol. The van der Waals surface area contributed by atoms with Gasteiger partial charge >= 0.3 is 0 Å². The molecule has 0 saturated carbocycles. The normalized spacial score (nSPS) is 11.1. The molecule has 0 radical (unpaired) electrons. The van der Waals surface area contributed by atoms with Gasteiger partial charge in [0, 0.05) is 33.3 Å². The van der Waals surface area contributed by atoms with Crippen molar-refractivity contribution in [2.75, 3.05) is 10.6 Å². The van der Waals surface area contributed by atoms with Crippen molar-refractivity contribution >= 4 is 91.4 Å². The number of nitrogens with zero attached hydrogens (tertiary/aromatic N) is 2. The highest BCUT2D eigenvalue weighted by atomic mass is 35.5. The van der Waals surface area contributed by atoms with Gasteiger partial charge in [0.05, 0.1) is 53.6 Å². The van der Waals surface area contributed by atoms with Crippen molar-refractivity contribution in [3.05, 3.63) is 153 Å². The van der Waals surface area contributed by atoms with Gasteiger partial charge in [-0.15, -0.1) is 0 Å². The molecule has 48 heavy (non-hydrogen) atoms. The van der Waals surface area contributed by atoms with Crippen LogP contribution in [0, 0.1) is 0 Å². The molecule has 2 heterocycles. The Morgan fingerprint density at radius 2 is 0.854 bits per heavy atom. The quantitative estimate of drug-likeness (QED) is 0.180. The molecular formula is C38H22Cl4N4O2. The fourth-order valence-corrected chi connectivity index (χ4v) is 5.96. The molecule has 0 saturated heterocycles. The number of halogens is 4. The molecule has 2 N–H and O–H groups in total. The lowest BCUT2D eigenvalue weighted by Crippen LogP contribution is -2.14. The zero-order valence-electron chi connectivity index (χ0n) is 24.8. The van der Waals surface area contributed by atoms with Gasteiger partial charge in [-0.2, -0.15) is 0 Å². The SMILES string of the molecule is O=C(Nc1ccc(NC(=O)c2cc(-c3ccc(Cl)c(Cl)c3)nc3ccccc23)cc1)c1cc(-c2ccc(Cl)c(Cl)c2)nc2ccccc12. The van der Waals surface area contributed by atoms with Crippen molar-refractivity contribution in [2.24, 2.45) is 0 Å². The van der Waals surface area contributed by atoms with Crippen LogP contribution in [0.2, 0.25) is 20.1 Å². The minimum atomic E-state index is -0.315. The lowest BCUT2D eigenvalue weighted by molar-refractivity contribution is 0.102. The van der Waals surface area contributed by atoms with E-state index < -0.39 is 0 Å². The summed E-state index contributed by atoms with van der Waals surface area (Å²) < 4.78 is 0. The predicted octanol–water partition coefficient (Wildman–Crippen LogP) is 11.2. The Morgan fingerprint density at radius 1 is 0.458 bits per heavy atom. The van der Waals surface area contributed by atoms with Gasteiger partial charge in [-0.05, 0) is 72.8 Å². The third-order valence-corrected chi connectivity index (χ3v) is 9.23. The average Bonchev–Trinajstić information content (AvgIpc) is 3.10. The van der Waals surface area contributed by atoms with E-state index in [1.807, 2.05) is 60.7 Å². The Bertz CT molecular complexity index is 2230. The van der Waals surface area contributed by atoms with Gasteiger partial charge in [-0.25, -0.2) is 9.97 Å². The van der Waals surface area contributed by atoms with Crippen LogP contribution in [0.25, 0.3) is 44.3 Å². The van der Waals surface area contributed by atoms with E-state index in [9.17, 15) is 9.59 Å². The van der Waals surface area contributed by atoms with Gasteiger partial charge in [0.1, 0.15) is 0 Å². The van der Waals surface area contributed by atoms with Crippen LogP contribution in [0.15, 0.2) is 121 Å². The Labute approximate surface area is 295 Å². The number of hydrogen-bond acceptors (Lipinski definition) is 4. The lowest BCUT2D eigenvalue weighted by Gasteiger charge is -2.13. The van der Waals surface area contributed by atoms with Crippen LogP contribution in [-0.4, -0.2) is 21.8 Å². The van der Waals surface area contributed by atoms with Crippen molar-refractivity contribution < 1.29 is 9.59 Å². The fourth-order valence-electron chi connectivity index (χ4n) is 5.37. The van der Waals surface area contributed by atoms with Crippen molar-refractivity contribution in [3.63, 3.8) is 0 Å². The van der Waals surface area contributed by atoms with Crippen LogP contribution in [0.1, 0.15) is 20.7 Å². The molecule has 0 bridgehead atoms. The van der Waals surface area contributed by atoms with Crippen molar-refractivity contribution in [1.82, 2.24) is 9.97 Å². The number of nitrogens with one attached hydrogen (secondary N) is 2. The second-order valence-electron chi connectivity index (χ2n) is 10.9. The van der Waals surface area contributed by atoms with Crippen LogP contribution >= 0.6 is 46.4 Å². The van der Waals surface area contributed by atoms with E-state index in [-0.39, 0.29) is 11.8 Å². The maximum Gasteiger partial charge on any atom is 0.256 e. The van der Waals surface area contributed by atoms with Crippen LogP contribution in [0.3, 0.4) is 0 Å². The summed E-state index contributed by atoms with van der Waals surface area (Å²) in [5.41, 5.74) is 5.94. The minimum absolute atomic E-state index is 0.315. The number of rotatable bonds is 6. The van der Waals surface area contributed by atoms with E-state index in [2.05, 4.69) is 10.6 Å². The van der Waals surface area contributed by atoms with Crippen molar-refractivity contribution in [2.45, 2.75) is 0 Å². The second kappa shape index (κ2) is 13.3. The number of anilines is 2. The number of aromatic nitrogens is 2. The zero-order chi connectivity index (χ0) is 33.4. The maximum absolute atomic E-state index is 13.6. The van der Waals surface area contributed by atoms with E-state index in [0.29, 0.717) is 75.8 Å². The van der Waals surface area contributed by atoms with Crippen LogP contribution in [-0.2, 0) is 0 Å². The molecule has 7 aromatic rings. The van der Waals surface area contributed by atoms with Gasteiger partial charge in [-0.3, -0.25) is 9.59 Å². The van der Waals surface area contributed by atoms with Crippen LogP contribution in [0.4, 0.5) is 11.4 Å². The van der Waals surface area contributed by atoms with Crippen LogP contribution < -0.4 is 10.6 Å². The third kappa shape index (κ3) is 6.44. The Morgan fingerprint density at radius 3 is 1.25 bits per heavy atom. The number of carbonyl (C=O) groups excluding carboxylic acids is 2. The Kier molecular flexibility index (Phi) is 8.73. The number of pyridine rings is 2. The lowest BCUT2D eigenvalue weighted by atomic mass is 10.0. The molecule has 0 aliphatic carbocycles. The number of amides is 2. The highest BCUT2D eigenvalue weighted by molar-refractivity contribution is 6.42. The summed E-state index contributed by atoms with van der Waals surface area (Å²) in [6.07, 6.45) is 0. The fraction of sp³-hybridized carbons (Fsp3) is 0. The molecule has 0 spiro atoms. The molecule has 0 fully saturated rings. The summed E-state index contributed by atoms with van der Waals surface area (Å²) >= 11 is 24.8. The smallest absolute Gasteiger partial charge is 0.256 e. The van der Waals surface area contributed by atoms with E-state index >= 15 is 0 Å². The zero-order valence-corrected chi connectivity index (χ0v) is 27.8. The van der Waals surface area contributed by atoms with Crippen LogP contribution in [0.5, 0.6) is 0 Å². The number of para-hydroxylation sites is 2. The standard InChI is InChI=1S/C38H22Cl4N4O2/c39-29-15-9-21(17-31(29)41)35-19-27(25-5-1-3-7-33(25)45-35)37(47)43-23-11-13-24(14-12-23)44-38(48)28-20-36(22-10-16-30(40)32(42)18-22)46-34-8-4-2-6-26(28)34/h1-20H,(H,43,47)(H,44,48). The molecule has 5 aromatic carbocycles. The summed E-state index contributed by atoms with van der Waals surface area (Å²) in [7, 11) is 0. The molecule has 234 valence electrons. The van der Waals surface area contributed by atoms with Crippen molar-refractivity contribution in [3.8, 4) is 22.5 Å². The summed E-state index contributed by atoms with van der Waals surface area (Å²) in [6, 6.07) is 35.7. The summed E-state index contributed by atoms with van der Waals surface area (Å²) in [4.78, 5) is 36.7. The van der Waals surface area contributed by atoms with E-state index in [1.54, 1.807) is 60.7 Å². The third-order valence-electron chi connectivity index (χ3n) is 7.75. The van der Waals surface area contributed by atoms with Gasteiger partial charge in [0.15, 0.2) is 0 Å². The topological polar surface area (TPSA) is 84.0 Å². The van der Waals surface area contributed by atoms with E-state index in [1.165, 1.54) is 0 Å². The van der Waals surface area contributed by atoms with Crippen molar-refractivity contribution in [1.29, 1.82) is 0 Å². The highest BCUT2D eigenvalue weighted by Gasteiger charge is 2.17. The first-order valence-corrected chi connectivity index (χ1v) is 16.2. The summed E-state index contributed by atoms with van der Waals surface area (Å²) in [5.74, 6) is -0.630. The van der Waals surface area contributed by atoms with Gasteiger partial charge in [-0.1, -0.05) is 94.9 Å². The molecule has 0 atom stereocenters. The van der Waals surface area contributed by atoms with Gasteiger partial charge in [0.25, 0.3) is 11.8 Å². The summed E-state index contributed by atoms with van der Waals surface area (Å²) in [5, 5.41) is 8.99. The molecule has 0 aliphatic rings. The highest BCUT2D eigenvalue weighted by Crippen LogP contribution is 2.32. The number of carbonyl (C=O) groups is 2. The molecule has 2 aromatic heterocycles. The summed E-state index contributed by atoms with van der Waals surface area (Å²) in [6.45, 7) is 0. The maximum atomic E-state index is 13.6. The largest absolute Gasteiger partial charge is 0.322 e. The van der Waals surface area contributed by atoms with Gasteiger partial charge < -0.3 is 10.6 Å². The van der Waals surface area contributed by atoms with E-state index in [4.69, 9.17) is 56.4 Å². The number of benzene rings is 5. The van der Waals surface area contributed by atoms with E-state index in [0.717, 1.165) is 11.1 Å². The second-order valence-corrected chi connectivity index (χ2v) is 12.5. The minimum Gasteiger partial charge on any atom is -0.322 e.